The van der Waals surface area contributed by atoms with Gasteiger partial charge in [0.25, 0.3) is 0 Å². The zero-order chi connectivity index (χ0) is 9.42. The molecule has 0 saturated heterocycles. The van der Waals surface area contributed by atoms with Crippen molar-refractivity contribution in [2.24, 2.45) is 5.73 Å². The van der Waals surface area contributed by atoms with Gasteiger partial charge in [0, 0.05) is 10.5 Å². The third kappa shape index (κ3) is 1.56. The van der Waals surface area contributed by atoms with Crippen LogP contribution in [0.3, 0.4) is 0 Å². The van der Waals surface area contributed by atoms with Crippen LogP contribution in [0.15, 0.2) is 28.7 Å². The summed E-state index contributed by atoms with van der Waals surface area (Å²) in [5, 5.41) is 0. The van der Waals surface area contributed by atoms with Crippen LogP contribution < -0.4 is 5.73 Å². The van der Waals surface area contributed by atoms with E-state index < -0.39 is 0 Å². The molecule has 0 fully saturated rings. The van der Waals surface area contributed by atoms with Gasteiger partial charge in [-0.2, -0.15) is 0 Å². The molecule has 0 aliphatic heterocycles. The minimum absolute atomic E-state index is 0.141. The van der Waals surface area contributed by atoms with Gasteiger partial charge in [0.15, 0.2) is 0 Å². The van der Waals surface area contributed by atoms with E-state index in [1.54, 1.807) is 0 Å². The van der Waals surface area contributed by atoms with Gasteiger partial charge in [0.05, 0.1) is 0 Å². The Kier molecular flexibility index (Phi) is 2.26. The summed E-state index contributed by atoms with van der Waals surface area (Å²) in [6.07, 6.45) is 3.24. The largest absolute Gasteiger partial charge is 0.324 e. The Morgan fingerprint density at radius 1 is 1.46 bits per heavy atom. The zero-order valence-electron chi connectivity index (χ0n) is 7.55. The van der Waals surface area contributed by atoms with Crippen LogP contribution in [0.5, 0.6) is 0 Å². The SMILES string of the molecule is CC(N)C1=CCc2cc(Br)ccc21. The molecule has 0 heterocycles. The summed E-state index contributed by atoms with van der Waals surface area (Å²) >= 11 is 3.47. The number of hydrogen-bond acceptors (Lipinski definition) is 1. The van der Waals surface area contributed by atoms with Gasteiger partial charge in [0.1, 0.15) is 0 Å². The number of nitrogens with two attached hydrogens (primary N) is 1. The molecule has 2 rings (SSSR count). The van der Waals surface area contributed by atoms with Crippen molar-refractivity contribution in [1.29, 1.82) is 0 Å². The number of allylic oxidation sites excluding steroid dienone is 1. The Labute approximate surface area is 86.8 Å². The molecule has 2 N–H and O–H groups in total. The Balaban J connectivity index is 2.45. The zero-order valence-corrected chi connectivity index (χ0v) is 9.14. The molecule has 2 heteroatoms. The van der Waals surface area contributed by atoms with E-state index >= 15 is 0 Å². The van der Waals surface area contributed by atoms with Crippen LogP contribution in [0.2, 0.25) is 0 Å². The van der Waals surface area contributed by atoms with E-state index in [9.17, 15) is 0 Å². The van der Waals surface area contributed by atoms with E-state index in [0.717, 1.165) is 10.9 Å². The van der Waals surface area contributed by atoms with Gasteiger partial charge in [-0.25, -0.2) is 0 Å². The second-order valence-corrected chi connectivity index (χ2v) is 4.37. The maximum atomic E-state index is 5.87. The number of rotatable bonds is 1. The van der Waals surface area contributed by atoms with Gasteiger partial charge in [0.2, 0.25) is 0 Å². The molecule has 68 valence electrons. The van der Waals surface area contributed by atoms with Crippen LogP contribution in [-0.4, -0.2) is 6.04 Å². The molecule has 1 atom stereocenters. The predicted molar refractivity (Wildman–Crippen MR) is 59.5 cm³/mol. The van der Waals surface area contributed by atoms with Crippen LogP contribution in [0, 0.1) is 0 Å². The molecule has 0 amide bonds. The lowest BCUT2D eigenvalue weighted by molar-refractivity contribution is 0.948. The molecular formula is C11H12BrN. The lowest BCUT2D eigenvalue weighted by Gasteiger charge is -2.09. The third-order valence-corrected chi connectivity index (χ3v) is 2.90. The van der Waals surface area contributed by atoms with E-state index in [1.165, 1.54) is 16.7 Å². The summed E-state index contributed by atoms with van der Waals surface area (Å²) in [4.78, 5) is 0. The summed E-state index contributed by atoms with van der Waals surface area (Å²) in [5.74, 6) is 0. The average molecular weight is 238 g/mol. The first-order valence-electron chi connectivity index (χ1n) is 4.43. The molecule has 0 bridgehead atoms. The van der Waals surface area contributed by atoms with E-state index in [2.05, 4.69) is 40.2 Å². The summed E-state index contributed by atoms with van der Waals surface area (Å²) in [6, 6.07) is 6.52. The Hall–Kier alpha value is -0.600. The molecule has 1 aliphatic carbocycles. The Morgan fingerprint density at radius 3 is 2.92 bits per heavy atom. The van der Waals surface area contributed by atoms with Crippen molar-refractivity contribution in [1.82, 2.24) is 0 Å². The highest BCUT2D eigenvalue weighted by Crippen LogP contribution is 2.30. The third-order valence-electron chi connectivity index (χ3n) is 2.41. The van der Waals surface area contributed by atoms with Crippen molar-refractivity contribution in [3.8, 4) is 0 Å². The number of hydrogen-bond donors (Lipinski definition) is 1. The highest BCUT2D eigenvalue weighted by atomic mass is 79.9. The predicted octanol–water partition coefficient (Wildman–Crippen LogP) is 2.74. The summed E-state index contributed by atoms with van der Waals surface area (Å²) in [5.41, 5.74) is 9.84. The molecule has 1 unspecified atom stereocenters. The van der Waals surface area contributed by atoms with Gasteiger partial charge in [-0.05, 0) is 42.2 Å². The van der Waals surface area contributed by atoms with Gasteiger partial charge >= 0.3 is 0 Å². The number of fused-ring (bicyclic) bond motifs is 1. The average Bonchev–Trinajstić information content (AvgIpc) is 2.46. The first kappa shape index (κ1) is 8.97. The van der Waals surface area contributed by atoms with Crippen LogP contribution in [0.4, 0.5) is 0 Å². The summed E-state index contributed by atoms with van der Waals surface area (Å²) in [7, 11) is 0. The van der Waals surface area contributed by atoms with E-state index in [0.29, 0.717) is 0 Å². The fraction of sp³-hybridized carbons (Fsp3) is 0.273. The normalized spacial score (nSPS) is 16.7. The fourth-order valence-electron chi connectivity index (χ4n) is 1.77. The number of benzene rings is 1. The van der Waals surface area contributed by atoms with E-state index in [-0.39, 0.29) is 6.04 Å². The number of halogens is 1. The molecule has 0 aromatic heterocycles. The Morgan fingerprint density at radius 2 is 2.23 bits per heavy atom. The fourth-order valence-corrected chi connectivity index (χ4v) is 2.18. The van der Waals surface area contributed by atoms with Crippen LogP contribution >= 0.6 is 15.9 Å². The monoisotopic (exact) mass is 237 g/mol. The van der Waals surface area contributed by atoms with Crippen molar-refractivity contribution >= 4 is 21.5 Å². The van der Waals surface area contributed by atoms with Crippen molar-refractivity contribution in [3.63, 3.8) is 0 Å². The van der Waals surface area contributed by atoms with Gasteiger partial charge < -0.3 is 5.73 Å². The second-order valence-electron chi connectivity index (χ2n) is 3.45. The molecular weight excluding hydrogens is 226 g/mol. The highest BCUT2D eigenvalue weighted by Gasteiger charge is 2.16. The standard InChI is InChI=1S/C11H12BrN/c1-7(13)10-4-2-8-6-9(12)3-5-11(8)10/h3-7H,2,13H2,1H3. The van der Waals surface area contributed by atoms with Crippen LogP contribution in [0.25, 0.3) is 5.57 Å². The highest BCUT2D eigenvalue weighted by molar-refractivity contribution is 9.10. The lowest BCUT2D eigenvalue weighted by atomic mass is 10.0. The topological polar surface area (TPSA) is 26.0 Å². The van der Waals surface area contributed by atoms with E-state index in [4.69, 9.17) is 5.73 Å². The van der Waals surface area contributed by atoms with E-state index in [1.807, 2.05) is 6.92 Å². The smallest absolute Gasteiger partial charge is 0.0269 e. The summed E-state index contributed by atoms with van der Waals surface area (Å²) < 4.78 is 1.14. The van der Waals surface area contributed by atoms with Crippen molar-refractivity contribution < 1.29 is 0 Å². The van der Waals surface area contributed by atoms with Crippen LogP contribution in [0.1, 0.15) is 18.1 Å². The maximum absolute atomic E-state index is 5.87. The molecule has 1 aromatic carbocycles. The first-order valence-corrected chi connectivity index (χ1v) is 5.22. The molecule has 0 saturated carbocycles. The van der Waals surface area contributed by atoms with Crippen LogP contribution in [-0.2, 0) is 6.42 Å². The lowest BCUT2D eigenvalue weighted by Crippen LogP contribution is -2.15. The Bertz CT molecular complexity index is 366. The summed E-state index contributed by atoms with van der Waals surface area (Å²) in [6.45, 7) is 2.03. The quantitative estimate of drug-likeness (QED) is 0.799. The molecule has 0 radical (unpaired) electrons. The van der Waals surface area contributed by atoms with Gasteiger partial charge in [-0.15, -0.1) is 0 Å². The molecule has 1 aliphatic rings. The van der Waals surface area contributed by atoms with Crippen molar-refractivity contribution in [2.45, 2.75) is 19.4 Å². The van der Waals surface area contributed by atoms with Crippen molar-refractivity contribution in [3.05, 3.63) is 39.9 Å². The first-order chi connectivity index (χ1) is 6.18. The molecule has 13 heavy (non-hydrogen) atoms. The minimum Gasteiger partial charge on any atom is -0.324 e. The van der Waals surface area contributed by atoms with Gasteiger partial charge in [-0.3, -0.25) is 0 Å². The second kappa shape index (κ2) is 3.28. The molecule has 1 aromatic rings. The minimum atomic E-state index is 0.141. The van der Waals surface area contributed by atoms with Crippen molar-refractivity contribution in [2.75, 3.05) is 0 Å². The van der Waals surface area contributed by atoms with Gasteiger partial charge in [-0.1, -0.05) is 28.1 Å². The molecule has 1 nitrogen and oxygen atoms in total. The maximum Gasteiger partial charge on any atom is 0.0269 e. The molecule has 0 spiro atoms.